The standard InChI is InChI=1S/C13H19NO5/c1-6(5-9(14)13(18)19)7(2)8-3-4-10(15)12(17)11(8)16/h3-4,6-7,9,15-17H,5,14H2,1-2H3,(H,18,19). The highest BCUT2D eigenvalue weighted by Gasteiger charge is 2.24. The van der Waals surface area contributed by atoms with Gasteiger partial charge in [-0.3, -0.25) is 4.79 Å². The number of carbonyl (C=O) groups is 1. The Kier molecular flexibility index (Phi) is 4.61. The van der Waals surface area contributed by atoms with Gasteiger partial charge in [-0.15, -0.1) is 0 Å². The van der Waals surface area contributed by atoms with E-state index in [0.29, 0.717) is 5.56 Å². The number of aliphatic carboxylic acids is 1. The molecular formula is C13H19NO5. The van der Waals surface area contributed by atoms with Crippen LogP contribution in [0.2, 0.25) is 0 Å². The van der Waals surface area contributed by atoms with Crippen molar-refractivity contribution in [2.45, 2.75) is 32.2 Å². The zero-order valence-corrected chi connectivity index (χ0v) is 10.9. The minimum absolute atomic E-state index is 0.110. The number of nitrogens with two attached hydrogens (primary N) is 1. The SMILES string of the molecule is CC(CC(N)C(=O)O)C(C)c1ccc(O)c(O)c1O. The average molecular weight is 269 g/mol. The monoisotopic (exact) mass is 269 g/mol. The molecule has 0 radical (unpaired) electrons. The van der Waals surface area contributed by atoms with E-state index in [9.17, 15) is 20.1 Å². The van der Waals surface area contributed by atoms with Gasteiger partial charge in [0, 0.05) is 5.56 Å². The van der Waals surface area contributed by atoms with Gasteiger partial charge in [0.2, 0.25) is 5.75 Å². The summed E-state index contributed by atoms with van der Waals surface area (Å²) in [6.07, 6.45) is 0.248. The molecule has 1 aromatic carbocycles. The molecule has 0 bridgehead atoms. The fourth-order valence-corrected chi connectivity index (χ4v) is 1.96. The number of carboxylic acid groups (broad SMARTS) is 1. The van der Waals surface area contributed by atoms with Crippen molar-refractivity contribution in [3.8, 4) is 17.2 Å². The van der Waals surface area contributed by atoms with Crippen LogP contribution in [0.4, 0.5) is 0 Å². The number of rotatable bonds is 5. The van der Waals surface area contributed by atoms with Crippen LogP contribution >= 0.6 is 0 Å². The molecule has 0 aromatic heterocycles. The lowest BCUT2D eigenvalue weighted by Crippen LogP contribution is -2.32. The molecule has 3 unspecified atom stereocenters. The van der Waals surface area contributed by atoms with E-state index in [2.05, 4.69) is 0 Å². The van der Waals surface area contributed by atoms with Gasteiger partial charge in [0.05, 0.1) is 0 Å². The fraction of sp³-hybridized carbons (Fsp3) is 0.462. The number of phenols is 3. The highest BCUT2D eigenvalue weighted by atomic mass is 16.4. The Morgan fingerprint density at radius 1 is 1.21 bits per heavy atom. The Hall–Kier alpha value is -1.95. The van der Waals surface area contributed by atoms with E-state index in [1.807, 2.05) is 6.92 Å². The fourth-order valence-electron chi connectivity index (χ4n) is 1.96. The lowest BCUT2D eigenvalue weighted by Gasteiger charge is -2.23. The molecule has 106 valence electrons. The quantitative estimate of drug-likeness (QED) is 0.514. The first kappa shape index (κ1) is 15.1. The van der Waals surface area contributed by atoms with Crippen molar-refractivity contribution in [3.63, 3.8) is 0 Å². The normalized spacial score (nSPS) is 15.7. The third-order valence-electron chi connectivity index (χ3n) is 3.45. The van der Waals surface area contributed by atoms with Gasteiger partial charge >= 0.3 is 5.97 Å². The molecule has 0 fully saturated rings. The molecule has 0 heterocycles. The average Bonchev–Trinajstić information content (AvgIpc) is 2.35. The van der Waals surface area contributed by atoms with Gasteiger partial charge in [-0.2, -0.15) is 0 Å². The molecule has 0 saturated carbocycles. The maximum Gasteiger partial charge on any atom is 0.320 e. The Morgan fingerprint density at radius 2 is 1.79 bits per heavy atom. The van der Waals surface area contributed by atoms with Gasteiger partial charge in [0.25, 0.3) is 0 Å². The summed E-state index contributed by atoms with van der Waals surface area (Å²) in [5.41, 5.74) is 5.92. The molecule has 6 heteroatoms. The molecule has 1 aromatic rings. The van der Waals surface area contributed by atoms with Crippen molar-refractivity contribution in [3.05, 3.63) is 17.7 Å². The van der Waals surface area contributed by atoms with Crippen LogP contribution in [-0.2, 0) is 4.79 Å². The van der Waals surface area contributed by atoms with E-state index >= 15 is 0 Å². The molecule has 0 aliphatic rings. The molecule has 0 saturated heterocycles. The van der Waals surface area contributed by atoms with Gasteiger partial charge in [0.1, 0.15) is 6.04 Å². The molecular weight excluding hydrogens is 250 g/mol. The maximum absolute atomic E-state index is 10.7. The summed E-state index contributed by atoms with van der Waals surface area (Å²) in [5, 5.41) is 37.3. The first-order valence-corrected chi connectivity index (χ1v) is 5.97. The largest absolute Gasteiger partial charge is 0.504 e. The van der Waals surface area contributed by atoms with Crippen molar-refractivity contribution in [1.82, 2.24) is 0 Å². The minimum atomic E-state index is -1.07. The lowest BCUT2D eigenvalue weighted by molar-refractivity contribution is -0.138. The van der Waals surface area contributed by atoms with E-state index < -0.39 is 23.5 Å². The molecule has 0 aliphatic heterocycles. The molecule has 0 amide bonds. The molecule has 19 heavy (non-hydrogen) atoms. The second-order valence-electron chi connectivity index (χ2n) is 4.82. The third kappa shape index (κ3) is 3.29. The molecule has 6 nitrogen and oxygen atoms in total. The van der Waals surface area contributed by atoms with Crippen LogP contribution in [0.3, 0.4) is 0 Å². The van der Waals surface area contributed by atoms with Crippen LogP contribution in [0, 0.1) is 5.92 Å². The molecule has 0 spiro atoms. The van der Waals surface area contributed by atoms with Crippen LogP contribution < -0.4 is 5.73 Å². The molecule has 3 atom stereocenters. The zero-order chi connectivity index (χ0) is 14.7. The summed E-state index contributed by atoms with van der Waals surface area (Å²) < 4.78 is 0. The summed E-state index contributed by atoms with van der Waals surface area (Å²) >= 11 is 0. The molecule has 1 rings (SSSR count). The van der Waals surface area contributed by atoms with Crippen molar-refractivity contribution in [1.29, 1.82) is 0 Å². The second kappa shape index (κ2) is 5.79. The van der Waals surface area contributed by atoms with Crippen LogP contribution in [0.25, 0.3) is 0 Å². The lowest BCUT2D eigenvalue weighted by atomic mass is 9.84. The van der Waals surface area contributed by atoms with E-state index in [1.165, 1.54) is 12.1 Å². The predicted molar refractivity (Wildman–Crippen MR) is 69.2 cm³/mol. The van der Waals surface area contributed by atoms with Gasteiger partial charge in [0.15, 0.2) is 11.5 Å². The number of carboxylic acids is 1. The summed E-state index contributed by atoms with van der Waals surface area (Å²) in [7, 11) is 0. The van der Waals surface area contributed by atoms with Gasteiger partial charge in [-0.25, -0.2) is 0 Å². The Morgan fingerprint density at radius 3 is 2.32 bits per heavy atom. The van der Waals surface area contributed by atoms with Crippen molar-refractivity contribution in [2.24, 2.45) is 11.7 Å². The summed E-state index contributed by atoms with van der Waals surface area (Å²) in [4.78, 5) is 10.7. The number of hydrogen-bond donors (Lipinski definition) is 5. The number of phenolic OH excluding ortho intramolecular Hbond substituents is 3. The van der Waals surface area contributed by atoms with E-state index in [0.717, 1.165) is 0 Å². The first-order valence-electron chi connectivity index (χ1n) is 5.97. The van der Waals surface area contributed by atoms with Gasteiger partial charge in [-0.1, -0.05) is 19.9 Å². The maximum atomic E-state index is 10.7. The molecule has 6 N–H and O–H groups in total. The Balaban J connectivity index is 2.91. The van der Waals surface area contributed by atoms with Gasteiger partial charge < -0.3 is 26.2 Å². The molecule has 0 aliphatic carbocycles. The topological polar surface area (TPSA) is 124 Å². The zero-order valence-electron chi connectivity index (χ0n) is 10.9. The summed E-state index contributed by atoms with van der Waals surface area (Å²) in [6.45, 7) is 3.61. The Labute approximate surface area is 111 Å². The highest BCUT2D eigenvalue weighted by molar-refractivity contribution is 5.73. The van der Waals surface area contributed by atoms with Crippen LogP contribution in [0.15, 0.2) is 12.1 Å². The number of hydrogen-bond acceptors (Lipinski definition) is 5. The van der Waals surface area contributed by atoms with E-state index in [-0.39, 0.29) is 24.0 Å². The first-order chi connectivity index (χ1) is 8.75. The van der Waals surface area contributed by atoms with Crippen molar-refractivity contribution < 1.29 is 25.2 Å². The van der Waals surface area contributed by atoms with Crippen molar-refractivity contribution >= 4 is 5.97 Å². The van der Waals surface area contributed by atoms with Crippen LogP contribution in [0.5, 0.6) is 17.2 Å². The number of benzene rings is 1. The highest BCUT2D eigenvalue weighted by Crippen LogP contribution is 2.42. The van der Waals surface area contributed by atoms with Crippen molar-refractivity contribution in [2.75, 3.05) is 0 Å². The minimum Gasteiger partial charge on any atom is -0.504 e. The van der Waals surface area contributed by atoms with Crippen LogP contribution in [-0.4, -0.2) is 32.4 Å². The predicted octanol–water partition coefficient (Wildman–Crippen LogP) is 1.35. The van der Waals surface area contributed by atoms with E-state index in [4.69, 9.17) is 10.8 Å². The van der Waals surface area contributed by atoms with E-state index in [1.54, 1.807) is 6.92 Å². The van der Waals surface area contributed by atoms with Gasteiger partial charge in [-0.05, 0) is 24.3 Å². The Bertz CT molecular complexity index is 474. The third-order valence-corrected chi connectivity index (χ3v) is 3.45. The smallest absolute Gasteiger partial charge is 0.320 e. The second-order valence-corrected chi connectivity index (χ2v) is 4.82. The summed E-state index contributed by atoms with van der Waals surface area (Å²) in [6, 6.07) is 1.81. The van der Waals surface area contributed by atoms with Crippen LogP contribution in [0.1, 0.15) is 31.7 Å². The summed E-state index contributed by atoms with van der Waals surface area (Å²) in [5.74, 6) is -2.75. The number of aromatic hydroxyl groups is 3.